The smallest absolute Gasteiger partial charge is 0.301 e. The van der Waals surface area contributed by atoms with Gasteiger partial charge >= 0.3 is 6.18 Å². The van der Waals surface area contributed by atoms with Crippen molar-refractivity contribution in [2.75, 3.05) is 11.1 Å². The number of hydrogen-bond donors (Lipinski definition) is 1. The number of amides is 1. The summed E-state index contributed by atoms with van der Waals surface area (Å²) in [4.78, 5) is 16.9. The van der Waals surface area contributed by atoms with Gasteiger partial charge in [0.25, 0.3) is 0 Å². The fourth-order valence-electron chi connectivity index (χ4n) is 1.97. The van der Waals surface area contributed by atoms with Crippen molar-refractivity contribution in [3.05, 3.63) is 52.0 Å². The highest BCUT2D eigenvalue weighted by atomic mass is 32.2. The summed E-state index contributed by atoms with van der Waals surface area (Å²) in [6.45, 7) is 0. The number of rotatable bonds is 6. The number of carbonyl (C=O) groups is 1. The lowest BCUT2D eigenvalue weighted by Crippen LogP contribution is -2.13. The van der Waals surface area contributed by atoms with Gasteiger partial charge in [-0.05, 0) is 17.7 Å². The van der Waals surface area contributed by atoms with Crippen molar-refractivity contribution in [1.82, 2.24) is 15.2 Å². The summed E-state index contributed by atoms with van der Waals surface area (Å²) < 4.78 is 38.4. The van der Waals surface area contributed by atoms with E-state index in [-0.39, 0.29) is 11.7 Å². The lowest BCUT2D eigenvalue weighted by molar-refractivity contribution is -0.137. The summed E-state index contributed by atoms with van der Waals surface area (Å²) >= 11 is 3.93. The van der Waals surface area contributed by atoms with E-state index in [1.807, 2.05) is 0 Å². The molecule has 0 atom stereocenters. The zero-order valence-electron chi connectivity index (χ0n) is 13.0. The van der Waals surface area contributed by atoms with Crippen LogP contribution in [0.2, 0.25) is 0 Å². The topological polar surface area (TPSA) is 67.8 Å². The maximum atomic E-state index is 12.6. The highest BCUT2D eigenvalue weighted by Gasteiger charge is 2.29. The van der Waals surface area contributed by atoms with Crippen LogP contribution in [0.5, 0.6) is 0 Å². The normalized spacial score (nSPS) is 11.5. The van der Waals surface area contributed by atoms with E-state index in [9.17, 15) is 18.0 Å². The molecule has 0 saturated heterocycles. The van der Waals surface area contributed by atoms with Crippen LogP contribution in [-0.4, -0.2) is 26.8 Å². The summed E-state index contributed by atoms with van der Waals surface area (Å²) in [5.41, 5.74) is 1.66. The molecule has 11 heteroatoms. The molecule has 0 radical (unpaired) electrons. The summed E-state index contributed by atoms with van der Waals surface area (Å²) in [5, 5.41) is 10.7. The van der Waals surface area contributed by atoms with Gasteiger partial charge in [-0.1, -0.05) is 35.2 Å². The molecule has 2 heterocycles. The van der Waals surface area contributed by atoms with Crippen molar-refractivity contribution in [2.45, 2.75) is 16.9 Å². The third-order valence-corrected chi connectivity index (χ3v) is 5.90. The average Bonchev–Trinajstić information content (AvgIpc) is 3.25. The van der Waals surface area contributed by atoms with Crippen LogP contribution in [0.4, 0.5) is 18.3 Å². The predicted molar refractivity (Wildman–Crippen MR) is 95.6 cm³/mol. The van der Waals surface area contributed by atoms with E-state index in [1.165, 1.54) is 46.6 Å². The Hall–Kier alpha value is -1.98. The molecule has 0 spiro atoms. The summed E-state index contributed by atoms with van der Waals surface area (Å²) in [6.07, 6.45) is -2.28. The predicted octanol–water partition coefficient (Wildman–Crippen LogP) is 4.34. The molecule has 136 valence electrons. The van der Waals surface area contributed by atoms with Gasteiger partial charge in [0.15, 0.2) is 9.47 Å². The molecule has 0 aliphatic carbocycles. The number of carbonyl (C=O) groups excluding carboxylic acids is 1. The van der Waals surface area contributed by atoms with Crippen LogP contribution >= 0.6 is 34.4 Å². The first-order valence-corrected chi connectivity index (χ1v) is 9.88. The highest BCUT2D eigenvalue weighted by Crippen LogP contribution is 2.30. The molecule has 5 nitrogen and oxygen atoms in total. The van der Waals surface area contributed by atoms with E-state index >= 15 is 0 Å². The van der Waals surface area contributed by atoms with Crippen molar-refractivity contribution >= 4 is 45.5 Å². The molecule has 0 unspecified atom stereocenters. The van der Waals surface area contributed by atoms with E-state index in [0.717, 1.165) is 22.6 Å². The fraction of sp³-hybridized carbons (Fsp3) is 0.200. The molecule has 0 bridgehead atoms. The Morgan fingerprint density at radius 1 is 1.23 bits per heavy atom. The van der Waals surface area contributed by atoms with Gasteiger partial charge in [-0.2, -0.15) is 13.2 Å². The molecule has 3 rings (SSSR count). The number of halogens is 3. The minimum atomic E-state index is -4.34. The summed E-state index contributed by atoms with van der Waals surface area (Å²) in [5.74, 6) is -0.0103. The molecule has 0 saturated carbocycles. The SMILES string of the molecule is O=C(CSc1nncs1)Nc1ncc(Cc2ccc(C(F)(F)F)cc2)s1. The van der Waals surface area contributed by atoms with Crippen LogP contribution in [0.25, 0.3) is 0 Å². The number of thioether (sulfide) groups is 1. The van der Waals surface area contributed by atoms with Gasteiger partial charge in [0, 0.05) is 17.5 Å². The van der Waals surface area contributed by atoms with Crippen LogP contribution in [0.1, 0.15) is 16.0 Å². The second-order valence-corrected chi connectivity index (χ2v) is 8.22. The molecule has 1 N–H and O–H groups in total. The van der Waals surface area contributed by atoms with E-state index in [4.69, 9.17) is 0 Å². The largest absolute Gasteiger partial charge is 0.416 e. The van der Waals surface area contributed by atoms with Crippen molar-refractivity contribution < 1.29 is 18.0 Å². The average molecular weight is 416 g/mol. The molecule has 0 aliphatic rings. The molecule has 26 heavy (non-hydrogen) atoms. The van der Waals surface area contributed by atoms with E-state index in [2.05, 4.69) is 20.5 Å². The number of nitrogens with zero attached hydrogens (tertiary/aromatic N) is 3. The molecule has 1 amide bonds. The lowest BCUT2D eigenvalue weighted by atomic mass is 10.1. The third kappa shape index (κ3) is 5.26. The van der Waals surface area contributed by atoms with Crippen molar-refractivity contribution in [3.8, 4) is 0 Å². The summed E-state index contributed by atoms with van der Waals surface area (Å²) in [6, 6.07) is 5.01. The Balaban J connectivity index is 1.53. The highest BCUT2D eigenvalue weighted by molar-refractivity contribution is 8.01. The first-order chi connectivity index (χ1) is 12.4. The second-order valence-electron chi connectivity index (χ2n) is 5.04. The van der Waals surface area contributed by atoms with Crippen molar-refractivity contribution in [1.29, 1.82) is 0 Å². The van der Waals surface area contributed by atoms with Gasteiger partial charge in [0.2, 0.25) is 5.91 Å². The van der Waals surface area contributed by atoms with Gasteiger partial charge in [-0.3, -0.25) is 4.79 Å². The van der Waals surface area contributed by atoms with Crippen LogP contribution in [0.3, 0.4) is 0 Å². The van der Waals surface area contributed by atoms with Crippen molar-refractivity contribution in [2.24, 2.45) is 0 Å². The standard InChI is InChI=1S/C15H11F3N4OS3/c16-15(17,18)10-3-1-9(2-4-10)5-11-6-19-13(26-11)21-12(23)7-24-14-22-20-8-25-14/h1-4,6,8H,5,7H2,(H,19,21,23). The minimum absolute atomic E-state index is 0.197. The maximum absolute atomic E-state index is 12.6. The van der Waals surface area contributed by atoms with E-state index in [1.54, 1.807) is 11.7 Å². The Labute approximate surface area is 158 Å². The molecule has 3 aromatic rings. The van der Waals surface area contributed by atoms with Gasteiger partial charge in [0.05, 0.1) is 11.3 Å². The van der Waals surface area contributed by atoms with E-state index in [0.29, 0.717) is 15.9 Å². The Morgan fingerprint density at radius 3 is 2.65 bits per heavy atom. The van der Waals surface area contributed by atoms with Gasteiger partial charge < -0.3 is 5.32 Å². The van der Waals surface area contributed by atoms with Gasteiger partial charge in [0.1, 0.15) is 5.51 Å². The van der Waals surface area contributed by atoms with Crippen LogP contribution < -0.4 is 5.32 Å². The molecule has 2 aromatic heterocycles. The Morgan fingerprint density at radius 2 is 2.00 bits per heavy atom. The fourth-order valence-corrected chi connectivity index (χ4v) is 4.12. The molecule has 0 aliphatic heterocycles. The number of benzene rings is 1. The van der Waals surface area contributed by atoms with Crippen LogP contribution in [-0.2, 0) is 17.4 Å². The number of anilines is 1. The first-order valence-electron chi connectivity index (χ1n) is 7.20. The third-order valence-electron chi connectivity index (χ3n) is 3.13. The zero-order valence-corrected chi connectivity index (χ0v) is 15.4. The molecular weight excluding hydrogens is 405 g/mol. The quantitative estimate of drug-likeness (QED) is 0.606. The van der Waals surface area contributed by atoms with Crippen LogP contribution in [0.15, 0.2) is 40.3 Å². The number of thiazole rings is 1. The Bertz CT molecular complexity index is 863. The van der Waals surface area contributed by atoms with Gasteiger partial charge in [-0.25, -0.2) is 4.98 Å². The first kappa shape index (κ1) is 18.8. The zero-order chi connectivity index (χ0) is 18.6. The maximum Gasteiger partial charge on any atom is 0.416 e. The van der Waals surface area contributed by atoms with E-state index < -0.39 is 11.7 Å². The monoisotopic (exact) mass is 416 g/mol. The number of nitrogens with one attached hydrogen (secondary N) is 1. The summed E-state index contributed by atoms with van der Waals surface area (Å²) in [7, 11) is 0. The van der Waals surface area contributed by atoms with Gasteiger partial charge in [-0.15, -0.1) is 21.5 Å². The van der Waals surface area contributed by atoms with Crippen LogP contribution in [0, 0.1) is 0 Å². The molecule has 0 fully saturated rings. The molecule has 1 aromatic carbocycles. The Kier molecular flexibility index (Phi) is 5.89. The second kappa shape index (κ2) is 8.14. The number of hydrogen-bond acceptors (Lipinski definition) is 7. The number of aromatic nitrogens is 3. The number of alkyl halides is 3. The molecular formula is C15H11F3N4OS3. The lowest BCUT2D eigenvalue weighted by Gasteiger charge is -2.06. The minimum Gasteiger partial charge on any atom is -0.301 e. The van der Waals surface area contributed by atoms with Crippen molar-refractivity contribution in [3.63, 3.8) is 0 Å².